The molecule has 0 aliphatic carbocycles. The summed E-state index contributed by atoms with van der Waals surface area (Å²) in [5, 5.41) is 31.2. The number of rotatable bonds is 8. The number of fused-ring (bicyclic) bond motifs is 1. The number of carboxylic acid groups (broad SMARTS) is 1. The third-order valence-corrected chi connectivity index (χ3v) is 6.52. The zero-order chi connectivity index (χ0) is 23.0. The predicted molar refractivity (Wildman–Crippen MR) is 118 cm³/mol. The first kappa shape index (κ1) is 23.7. The van der Waals surface area contributed by atoms with Crippen molar-refractivity contribution in [3.63, 3.8) is 0 Å². The number of phenolic OH excluding ortho intramolecular Hbond substituents is 1. The van der Waals surface area contributed by atoms with Gasteiger partial charge in [-0.2, -0.15) is 5.10 Å². The Morgan fingerprint density at radius 1 is 1.19 bits per heavy atom. The molecule has 0 spiro atoms. The van der Waals surface area contributed by atoms with Crippen molar-refractivity contribution in [3.8, 4) is 5.75 Å². The van der Waals surface area contributed by atoms with E-state index in [2.05, 4.69) is 10.00 Å². The predicted octanol–water partition coefficient (Wildman–Crippen LogP) is 1.07. The van der Waals surface area contributed by atoms with Gasteiger partial charge < -0.3 is 25.1 Å². The van der Waals surface area contributed by atoms with Crippen molar-refractivity contribution in [2.45, 2.75) is 25.8 Å². The van der Waals surface area contributed by atoms with Crippen molar-refractivity contribution in [1.82, 2.24) is 19.6 Å². The summed E-state index contributed by atoms with van der Waals surface area (Å²) in [7, 11) is 0. The van der Waals surface area contributed by atoms with Crippen LogP contribution in [0.5, 0.6) is 5.75 Å². The van der Waals surface area contributed by atoms with E-state index >= 15 is 0 Å². The van der Waals surface area contributed by atoms with Gasteiger partial charge in [-0.25, -0.2) is 0 Å². The molecular weight excluding hydrogens is 412 g/mol. The van der Waals surface area contributed by atoms with Crippen molar-refractivity contribution < 1.29 is 24.9 Å². The molecular formula is C23H32N4O5. The normalized spacial score (nSPS) is 22.3. The summed E-state index contributed by atoms with van der Waals surface area (Å²) >= 11 is 0. The zero-order valence-corrected chi connectivity index (χ0v) is 18.2. The molecule has 2 unspecified atom stereocenters. The van der Waals surface area contributed by atoms with Crippen molar-refractivity contribution in [2.75, 3.05) is 39.3 Å². The molecule has 1 amide bonds. The Kier molecular flexibility index (Phi) is 8.24. The van der Waals surface area contributed by atoms with E-state index in [0.29, 0.717) is 25.3 Å². The number of nitrogens with zero attached hydrogens (tertiary/aromatic N) is 4. The number of hydrogen-bond donors (Lipinski definition) is 3. The molecule has 1 aromatic carbocycles. The summed E-state index contributed by atoms with van der Waals surface area (Å²) in [6.07, 6.45) is 5.73. The fourth-order valence-corrected chi connectivity index (χ4v) is 4.89. The van der Waals surface area contributed by atoms with E-state index in [1.54, 1.807) is 18.3 Å². The summed E-state index contributed by atoms with van der Waals surface area (Å²) in [5.74, 6) is 0.683. The number of carbonyl (C=O) groups is 2. The van der Waals surface area contributed by atoms with Gasteiger partial charge in [0.05, 0.1) is 6.61 Å². The van der Waals surface area contributed by atoms with E-state index in [1.807, 2.05) is 34.0 Å². The zero-order valence-electron chi connectivity index (χ0n) is 18.2. The highest BCUT2D eigenvalue weighted by Crippen LogP contribution is 2.42. The Hall–Kier alpha value is -2.91. The van der Waals surface area contributed by atoms with Crippen molar-refractivity contribution >= 4 is 12.4 Å². The number of para-hydroxylation sites is 1. The van der Waals surface area contributed by atoms with Gasteiger partial charge in [-0.05, 0) is 43.0 Å². The molecule has 2 saturated heterocycles. The fraction of sp³-hybridized carbons (Fsp3) is 0.522. The fourth-order valence-electron chi connectivity index (χ4n) is 4.89. The molecule has 2 aromatic rings. The Morgan fingerprint density at radius 3 is 2.62 bits per heavy atom. The topological polar surface area (TPSA) is 119 Å². The molecule has 3 heterocycles. The van der Waals surface area contributed by atoms with Crippen molar-refractivity contribution in [1.29, 1.82) is 0 Å². The maximum Gasteiger partial charge on any atom is 0.290 e. The molecule has 9 nitrogen and oxygen atoms in total. The molecule has 2 aliphatic rings. The van der Waals surface area contributed by atoms with E-state index in [0.717, 1.165) is 44.7 Å². The van der Waals surface area contributed by atoms with Crippen LogP contribution in [0, 0.1) is 11.3 Å². The van der Waals surface area contributed by atoms with Gasteiger partial charge in [-0.1, -0.05) is 18.2 Å². The summed E-state index contributed by atoms with van der Waals surface area (Å²) in [6, 6.07) is 9.11. The van der Waals surface area contributed by atoms with Crippen LogP contribution in [0.25, 0.3) is 0 Å². The monoisotopic (exact) mass is 444 g/mol. The summed E-state index contributed by atoms with van der Waals surface area (Å²) < 4.78 is 1.95. The molecule has 0 radical (unpaired) electrons. The number of aromatic nitrogens is 2. The smallest absolute Gasteiger partial charge is 0.290 e. The Balaban J connectivity index is 0.000000913. The van der Waals surface area contributed by atoms with Crippen molar-refractivity contribution in [2.24, 2.45) is 11.3 Å². The van der Waals surface area contributed by atoms with Gasteiger partial charge in [-0.3, -0.25) is 14.3 Å². The first-order valence-corrected chi connectivity index (χ1v) is 10.9. The minimum Gasteiger partial charge on any atom is -0.508 e. The van der Waals surface area contributed by atoms with Crippen LogP contribution in [0.1, 0.15) is 18.4 Å². The number of aryl methyl sites for hydroxylation is 2. The van der Waals surface area contributed by atoms with E-state index < -0.39 is 0 Å². The molecule has 0 bridgehead atoms. The standard InChI is InChI=1S/C22H30N4O3.CH2O2/c27-17-22-15-24(10-4-12-26-11-3-9-23-26)13-19(22)14-25(16-22)21(29)8-7-18-5-1-2-6-20(18)28;2-1-3/h1-3,5-6,9,11,19,27-28H,4,7-8,10,12-17H2;1H,(H,2,3). The second-order valence-corrected chi connectivity index (χ2v) is 8.58. The summed E-state index contributed by atoms with van der Waals surface area (Å²) in [5.41, 5.74) is 0.608. The molecule has 32 heavy (non-hydrogen) atoms. The van der Waals surface area contributed by atoms with Gasteiger partial charge in [0.25, 0.3) is 6.47 Å². The largest absolute Gasteiger partial charge is 0.508 e. The van der Waals surface area contributed by atoms with Gasteiger partial charge in [0, 0.05) is 57.0 Å². The lowest BCUT2D eigenvalue weighted by Gasteiger charge is -2.27. The number of amides is 1. The van der Waals surface area contributed by atoms with Crippen LogP contribution in [0.2, 0.25) is 0 Å². The highest BCUT2D eigenvalue weighted by atomic mass is 16.3. The number of aliphatic hydroxyl groups excluding tert-OH is 1. The highest BCUT2D eigenvalue weighted by molar-refractivity contribution is 5.77. The lowest BCUT2D eigenvalue weighted by Crippen LogP contribution is -2.39. The quantitative estimate of drug-likeness (QED) is 0.521. The lowest BCUT2D eigenvalue weighted by atomic mass is 9.82. The molecule has 174 valence electrons. The highest BCUT2D eigenvalue weighted by Gasteiger charge is 2.52. The number of likely N-dealkylation sites (tertiary alicyclic amines) is 2. The van der Waals surface area contributed by atoms with Crippen LogP contribution in [0.4, 0.5) is 0 Å². The second-order valence-electron chi connectivity index (χ2n) is 8.58. The Labute approximate surface area is 187 Å². The SMILES string of the molecule is O=C(CCc1ccccc1O)N1CC2CN(CCCn3cccn3)CC2(CO)C1.O=CO. The van der Waals surface area contributed by atoms with Crippen LogP contribution in [-0.2, 0) is 22.6 Å². The van der Waals surface area contributed by atoms with Crippen LogP contribution in [-0.4, -0.2) is 86.6 Å². The molecule has 3 N–H and O–H groups in total. The number of benzene rings is 1. The number of phenols is 1. The second kappa shape index (κ2) is 11.1. The van der Waals surface area contributed by atoms with Gasteiger partial charge >= 0.3 is 0 Å². The van der Waals surface area contributed by atoms with Gasteiger partial charge in [0.15, 0.2) is 0 Å². The minimum atomic E-state index is -0.250. The van der Waals surface area contributed by atoms with E-state index in [-0.39, 0.29) is 30.2 Å². The van der Waals surface area contributed by atoms with Gasteiger partial charge in [0.2, 0.25) is 5.91 Å². The van der Waals surface area contributed by atoms with Crippen LogP contribution >= 0.6 is 0 Å². The van der Waals surface area contributed by atoms with E-state index in [4.69, 9.17) is 9.90 Å². The maximum absolute atomic E-state index is 12.7. The first-order chi connectivity index (χ1) is 15.5. The molecule has 1 aromatic heterocycles. The number of carbonyl (C=O) groups excluding carboxylic acids is 1. The number of aliphatic hydroxyl groups is 1. The third-order valence-electron chi connectivity index (χ3n) is 6.52. The van der Waals surface area contributed by atoms with Gasteiger partial charge in [0.1, 0.15) is 5.75 Å². The van der Waals surface area contributed by atoms with Crippen LogP contribution in [0.15, 0.2) is 42.7 Å². The van der Waals surface area contributed by atoms with Crippen molar-refractivity contribution in [3.05, 3.63) is 48.3 Å². The van der Waals surface area contributed by atoms with Crippen LogP contribution in [0.3, 0.4) is 0 Å². The maximum atomic E-state index is 12.7. The lowest BCUT2D eigenvalue weighted by molar-refractivity contribution is -0.130. The third kappa shape index (κ3) is 5.66. The van der Waals surface area contributed by atoms with E-state index in [9.17, 15) is 15.0 Å². The molecule has 4 rings (SSSR count). The average molecular weight is 445 g/mol. The summed E-state index contributed by atoms with van der Waals surface area (Å²) in [6.45, 7) is 4.88. The minimum absolute atomic E-state index is 0.112. The Morgan fingerprint density at radius 2 is 1.97 bits per heavy atom. The molecule has 0 saturated carbocycles. The van der Waals surface area contributed by atoms with Gasteiger partial charge in [-0.15, -0.1) is 0 Å². The first-order valence-electron chi connectivity index (χ1n) is 10.9. The molecule has 9 heteroatoms. The molecule has 2 aliphatic heterocycles. The Bertz CT molecular complexity index is 875. The average Bonchev–Trinajstić information content (AvgIpc) is 3.49. The molecule has 2 fully saturated rings. The number of hydrogen-bond acceptors (Lipinski definition) is 6. The van der Waals surface area contributed by atoms with E-state index in [1.165, 1.54) is 0 Å². The summed E-state index contributed by atoms with van der Waals surface area (Å²) in [4.78, 5) is 25.4. The van der Waals surface area contributed by atoms with Crippen LogP contribution < -0.4 is 0 Å². The molecule has 2 atom stereocenters. The number of aromatic hydroxyl groups is 1.